The van der Waals surface area contributed by atoms with E-state index in [0.29, 0.717) is 47.0 Å². The average Bonchev–Trinajstić information content (AvgIpc) is 3.81. The molecule has 11 heteroatoms. The Morgan fingerprint density at radius 2 is 1.61 bits per heavy atom. The number of rotatable bonds is 7. The number of nitrogens with zero attached hydrogens (tertiary/aromatic N) is 4. The molecule has 0 radical (unpaired) electrons. The van der Waals surface area contributed by atoms with Crippen LogP contribution in [0.2, 0.25) is 0 Å². The molecule has 5 atom stereocenters. The second-order valence-electron chi connectivity index (χ2n) is 19.0. The molecular weight excluding hydrogens is 767 g/mol. The molecule has 4 aromatic rings. The molecule has 5 heterocycles. The van der Waals surface area contributed by atoms with Gasteiger partial charge in [0.1, 0.15) is 24.1 Å². The first kappa shape index (κ1) is 38.3. The van der Waals surface area contributed by atoms with Crippen LogP contribution in [0.15, 0.2) is 84.9 Å². The molecule has 5 aliphatic heterocycles. The Bertz CT molecular complexity index is 2420. The minimum Gasteiger partial charge on any atom is -0.508 e. The molecule has 1 saturated carbocycles. The van der Waals surface area contributed by atoms with Gasteiger partial charge in [-0.3, -0.25) is 29.4 Å². The third kappa shape index (κ3) is 6.58. The molecule has 61 heavy (non-hydrogen) atoms. The largest absolute Gasteiger partial charge is 0.508 e. The van der Waals surface area contributed by atoms with Crippen LogP contribution < -0.4 is 19.9 Å². The molecule has 1 unspecified atom stereocenters. The van der Waals surface area contributed by atoms with Crippen molar-refractivity contribution in [3.8, 4) is 11.5 Å². The van der Waals surface area contributed by atoms with Crippen molar-refractivity contribution in [2.75, 3.05) is 49.6 Å². The molecule has 2 N–H and O–H groups in total. The van der Waals surface area contributed by atoms with Gasteiger partial charge in [-0.05, 0) is 134 Å². The molecule has 1 spiro atoms. The molecular formula is C50H53N5O6. The summed E-state index contributed by atoms with van der Waals surface area (Å²) < 4.78 is 6.21. The summed E-state index contributed by atoms with van der Waals surface area (Å²) >= 11 is 0. The summed E-state index contributed by atoms with van der Waals surface area (Å²) in [5.74, 6) is 0.279. The number of imide groups is 2. The maximum absolute atomic E-state index is 13.6. The summed E-state index contributed by atoms with van der Waals surface area (Å²) in [7, 11) is 2.25. The predicted molar refractivity (Wildman–Crippen MR) is 231 cm³/mol. The molecule has 2 aliphatic carbocycles. The number of phenolic OH excluding ortho intramolecular Hbond substituents is 1. The molecule has 4 fully saturated rings. The number of aromatic hydroxyl groups is 1. The lowest BCUT2D eigenvalue weighted by Gasteiger charge is -2.53. The number of anilines is 2. The summed E-state index contributed by atoms with van der Waals surface area (Å²) in [6.07, 6.45) is 8.23. The number of phenols is 1. The first-order chi connectivity index (χ1) is 29.6. The summed E-state index contributed by atoms with van der Waals surface area (Å²) in [5.41, 5.74) is 8.44. The minimum absolute atomic E-state index is 0.0892. The Kier molecular flexibility index (Phi) is 9.25. The smallest absolute Gasteiger partial charge is 0.262 e. The lowest BCUT2D eigenvalue weighted by Crippen LogP contribution is -2.54. The van der Waals surface area contributed by atoms with Gasteiger partial charge in [-0.2, -0.15) is 0 Å². The number of hydrogen-bond donors (Lipinski definition) is 2. The number of likely N-dealkylation sites (N-methyl/N-ethyl adjacent to an activating group) is 1. The van der Waals surface area contributed by atoms with Crippen LogP contribution in [0.5, 0.6) is 11.5 Å². The highest BCUT2D eigenvalue weighted by Crippen LogP contribution is 2.54. The number of nitrogens with one attached hydrogen (secondary N) is 1. The van der Waals surface area contributed by atoms with Gasteiger partial charge in [-0.15, -0.1) is 0 Å². The summed E-state index contributed by atoms with van der Waals surface area (Å²) in [5, 5.41) is 12.5. The van der Waals surface area contributed by atoms with Gasteiger partial charge in [0.25, 0.3) is 11.8 Å². The lowest BCUT2D eigenvalue weighted by molar-refractivity contribution is -0.136. The van der Waals surface area contributed by atoms with Crippen molar-refractivity contribution in [1.82, 2.24) is 15.1 Å². The fourth-order valence-electron chi connectivity index (χ4n) is 12.3. The molecule has 0 aromatic heterocycles. The molecule has 4 aromatic carbocycles. The highest BCUT2D eigenvalue weighted by Gasteiger charge is 2.49. The van der Waals surface area contributed by atoms with Gasteiger partial charge >= 0.3 is 0 Å². The van der Waals surface area contributed by atoms with Crippen LogP contribution in [0.4, 0.5) is 11.4 Å². The normalized spacial score (nSPS) is 26.7. The second kappa shape index (κ2) is 14.8. The lowest BCUT2D eigenvalue weighted by atomic mass is 9.57. The first-order valence-electron chi connectivity index (χ1n) is 22.3. The molecule has 11 rings (SSSR count). The van der Waals surface area contributed by atoms with Crippen LogP contribution >= 0.6 is 0 Å². The van der Waals surface area contributed by atoms with Gasteiger partial charge in [0.15, 0.2) is 0 Å². The number of ether oxygens (including phenoxy) is 1. The first-order valence-corrected chi connectivity index (χ1v) is 22.3. The van der Waals surface area contributed by atoms with E-state index in [9.17, 15) is 24.3 Å². The van der Waals surface area contributed by atoms with Gasteiger partial charge in [0.05, 0.1) is 22.9 Å². The zero-order valence-corrected chi connectivity index (χ0v) is 34.7. The van der Waals surface area contributed by atoms with E-state index in [1.165, 1.54) is 53.6 Å². The van der Waals surface area contributed by atoms with Crippen LogP contribution in [0.1, 0.15) is 106 Å². The number of hydrogen-bond acceptors (Lipinski definition) is 9. The van der Waals surface area contributed by atoms with E-state index in [0.717, 1.165) is 56.0 Å². The summed E-state index contributed by atoms with van der Waals surface area (Å²) in [6.45, 7) is 4.58. The van der Waals surface area contributed by atoms with Crippen LogP contribution in [-0.2, 0) is 16.0 Å². The van der Waals surface area contributed by atoms with Crippen LogP contribution in [0.3, 0.4) is 0 Å². The van der Waals surface area contributed by atoms with E-state index in [4.69, 9.17) is 4.74 Å². The summed E-state index contributed by atoms with van der Waals surface area (Å²) in [4.78, 5) is 59.8. The zero-order valence-electron chi connectivity index (χ0n) is 34.7. The van der Waals surface area contributed by atoms with Crippen molar-refractivity contribution in [3.63, 3.8) is 0 Å². The van der Waals surface area contributed by atoms with E-state index in [-0.39, 0.29) is 36.3 Å². The average molecular weight is 820 g/mol. The van der Waals surface area contributed by atoms with Crippen LogP contribution in [-0.4, -0.2) is 96.5 Å². The molecule has 314 valence electrons. The number of amides is 4. The Balaban J connectivity index is 0.699. The Hall–Kier alpha value is -5.68. The zero-order chi connectivity index (χ0) is 41.6. The molecule has 0 bridgehead atoms. The third-order valence-electron chi connectivity index (χ3n) is 15.5. The van der Waals surface area contributed by atoms with E-state index < -0.39 is 23.8 Å². The molecule has 7 aliphatic rings. The Labute approximate surface area is 356 Å². The van der Waals surface area contributed by atoms with Crippen molar-refractivity contribution in [1.29, 1.82) is 0 Å². The van der Waals surface area contributed by atoms with Crippen molar-refractivity contribution >= 4 is 35.0 Å². The fourth-order valence-corrected chi connectivity index (χ4v) is 12.3. The van der Waals surface area contributed by atoms with Crippen molar-refractivity contribution in [2.45, 2.75) is 87.7 Å². The Morgan fingerprint density at radius 3 is 2.36 bits per heavy atom. The molecule has 11 nitrogen and oxygen atoms in total. The monoisotopic (exact) mass is 819 g/mol. The highest BCUT2D eigenvalue weighted by molar-refractivity contribution is 6.24. The van der Waals surface area contributed by atoms with E-state index in [1.807, 2.05) is 12.1 Å². The van der Waals surface area contributed by atoms with Crippen LogP contribution in [0.25, 0.3) is 0 Å². The van der Waals surface area contributed by atoms with Gasteiger partial charge in [0.2, 0.25) is 11.8 Å². The summed E-state index contributed by atoms with van der Waals surface area (Å²) in [6, 6.07) is 29.2. The molecule has 3 saturated heterocycles. The van der Waals surface area contributed by atoms with Crippen molar-refractivity contribution in [2.24, 2.45) is 11.3 Å². The number of carbonyl (C=O) groups is 4. The van der Waals surface area contributed by atoms with Gasteiger partial charge < -0.3 is 24.5 Å². The Morgan fingerprint density at radius 1 is 0.852 bits per heavy atom. The van der Waals surface area contributed by atoms with Crippen molar-refractivity contribution in [3.05, 3.63) is 118 Å². The number of carbonyl (C=O) groups excluding carboxylic acids is 4. The number of piperidine rings is 2. The quantitative estimate of drug-likeness (QED) is 0.198. The SMILES string of the molecule is CN(CC1CC2(CCN(c3ccc([C@@H]4c5ccc(O)cc5CC[C@@H]4c4ccccc4)cc3)CC2)C1)[C@H]1C[C@H]2COc3cc4c(cc3N2C1)C(=O)N(C1CCC(=O)NC1=O)C4=O. The topological polar surface area (TPSA) is 123 Å². The standard InChI is InChI=1S/C50H53N5O6/c1-52(35-22-36-29-61-44-24-41-40(23-43(44)54(36)28-35)48(59)55(49(41)60)42-15-16-45(57)51-47(42)58)27-30-25-50(26-30)17-19-53(20-18-50)34-10-7-32(8-11-34)46-38(31-5-3-2-4-6-31)13-9-33-21-37(56)12-14-39(33)46/h2-8,10-12,14,21,23-24,30,35-36,38,42,46,56H,9,13,15-20,22,25-29H2,1H3,(H,51,57,58)/t35-,36-,38+,42?,46-/m0/s1. The maximum atomic E-state index is 13.6. The van der Waals surface area contributed by atoms with E-state index >= 15 is 0 Å². The minimum atomic E-state index is -0.991. The molecule has 4 amide bonds. The van der Waals surface area contributed by atoms with Gasteiger partial charge in [0, 0.05) is 50.2 Å². The van der Waals surface area contributed by atoms with Gasteiger partial charge in [-0.1, -0.05) is 48.5 Å². The van der Waals surface area contributed by atoms with E-state index in [2.05, 4.69) is 87.7 Å². The number of aryl methyl sites for hydroxylation is 1. The maximum Gasteiger partial charge on any atom is 0.262 e. The second-order valence-corrected chi connectivity index (χ2v) is 19.0. The highest BCUT2D eigenvalue weighted by atomic mass is 16.5. The fraction of sp³-hybridized carbons (Fsp3) is 0.440. The van der Waals surface area contributed by atoms with Crippen LogP contribution in [0, 0.1) is 11.3 Å². The van der Waals surface area contributed by atoms with E-state index in [1.54, 1.807) is 12.1 Å². The van der Waals surface area contributed by atoms with Gasteiger partial charge in [-0.25, -0.2) is 0 Å². The van der Waals surface area contributed by atoms with Crippen molar-refractivity contribution < 1.29 is 29.0 Å². The predicted octanol–water partition coefficient (Wildman–Crippen LogP) is 6.62. The number of benzene rings is 4. The third-order valence-corrected chi connectivity index (χ3v) is 15.5. The number of fused-ring (bicyclic) bond motifs is 5.